The van der Waals surface area contributed by atoms with Gasteiger partial charge in [0.25, 0.3) is 0 Å². The summed E-state index contributed by atoms with van der Waals surface area (Å²) < 4.78 is 7.05. The van der Waals surface area contributed by atoms with Gasteiger partial charge in [-0.3, -0.25) is 4.79 Å². The Morgan fingerprint density at radius 2 is 2.22 bits per heavy atom. The summed E-state index contributed by atoms with van der Waals surface area (Å²) in [7, 11) is 0. The molecule has 0 saturated carbocycles. The van der Waals surface area contributed by atoms with Crippen molar-refractivity contribution in [2.45, 2.75) is 51.2 Å². The third-order valence-corrected chi connectivity index (χ3v) is 3.93. The average molecular weight is 317 g/mol. The number of nitrogen functional groups attached to an aromatic ring is 1. The number of esters is 1. The molecule has 1 fully saturated rings. The van der Waals surface area contributed by atoms with Gasteiger partial charge in [0, 0.05) is 24.6 Å². The number of anilines is 1. The molecule has 124 valence electrons. The molecule has 0 spiro atoms. The van der Waals surface area contributed by atoms with Gasteiger partial charge >= 0.3 is 5.97 Å². The zero-order valence-electron chi connectivity index (χ0n) is 13.7. The second-order valence-electron chi connectivity index (χ2n) is 6.98. The van der Waals surface area contributed by atoms with Crippen LogP contribution in [-0.2, 0) is 9.53 Å². The van der Waals surface area contributed by atoms with Gasteiger partial charge in [0.2, 0.25) is 0 Å². The summed E-state index contributed by atoms with van der Waals surface area (Å²) in [4.78, 5) is 16.7. The molecule has 2 unspecified atom stereocenters. The van der Waals surface area contributed by atoms with Crippen LogP contribution in [0.15, 0.2) is 18.3 Å². The second kappa shape index (κ2) is 5.81. The Balaban J connectivity index is 1.67. The number of ether oxygens (including phenoxy) is 1. The van der Waals surface area contributed by atoms with Crippen molar-refractivity contribution in [3.05, 3.63) is 24.0 Å². The van der Waals surface area contributed by atoms with E-state index in [-0.39, 0.29) is 17.9 Å². The van der Waals surface area contributed by atoms with Gasteiger partial charge in [-0.05, 0) is 33.6 Å². The Morgan fingerprint density at radius 3 is 2.87 bits per heavy atom. The molecule has 3 heterocycles. The molecule has 0 aliphatic carbocycles. The van der Waals surface area contributed by atoms with Crippen LogP contribution in [0.1, 0.15) is 45.2 Å². The van der Waals surface area contributed by atoms with Crippen LogP contribution in [0.3, 0.4) is 0 Å². The van der Waals surface area contributed by atoms with Crippen LogP contribution >= 0.6 is 0 Å². The fourth-order valence-electron chi connectivity index (χ4n) is 2.85. The summed E-state index contributed by atoms with van der Waals surface area (Å²) in [6.45, 7) is 6.32. The van der Waals surface area contributed by atoms with E-state index in [0.29, 0.717) is 12.4 Å². The second-order valence-corrected chi connectivity index (χ2v) is 6.98. The minimum atomic E-state index is -0.460. The summed E-state index contributed by atoms with van der Waals surface area (Å²) in [5.41, 5.74) is 7.24. The van der Waals surface area contributed by atoms with Gasteiger partial charge in [-0.15, -0.1) is 0 Å². The molecule has 7 nitrogen and oxygen atoms in total. The van der Waals surface area contributed by atoms with Crippen molar-refractivity contribution in [3.63, 3.8) is 0 Å². The van der Waals surface area contributed by atoms with E-state index < -0.39 is 5.60 Å². The van der Waals surface area contributed by atoms with E-state index in [1.807, 2.05) is 32.9 Å². The highest BCUT2D eigenvalue weighted by atomic mass is 16.6. The molecule has 0 amide bonds. The van der Waals surface area contributed by atoms with Crippen LogP contribution in [-0.4, -0.2) is 38.8 Å². The highest BCUT2D eigenvalue weighted by Crippen LogP contribution is 2.26. The fourth-order valence-corrected chi connectivity index (χ4v) is 2.85. The maximum Gasteiger partial charge on any atom is 0.323 e. The maximum atomic E-state index is 12.1. The molecule has 0 aromatic carbocycles. The van der Waals surface area contributed by atoms with Crippen LogP contribution in [0, 0.1) is 0 Å². The summed E-state index contributed by atoms with van der Waals surface area (Å²) >= 11 is 0. The molecular weight excluding hydrogens is 294 g/mol. The van der Waals surface area contributed by atoms with E-state index in [1.54, 1.807) is 10.7 Å². The third-order valence-electron chi connectivity index (χ3n) is 3.93. The number of nitrogens with zero attached hydrogens (tertiary/aromatic N) is 3. The van der Waals surface area contributed by atoms with E-state index in [2.05, 4.69) is 15.4 Å². The van der Waals surface area contributed by atoms with E-state index >= 15 is 0 Å². The molecule has 2 aromatic rings. The summed E-state index contributed by atoms with van der Waals surface area (Å²) in [5, 5.41) is 7.40. The number of hydrogen-bond donors (Lipinski definition) is 2. The monoisotopic (exact) mass is 317 g/mol. The predicted octanol–water partition coefficient (Wildman–Crippen LogP) is 1.49. The van der Waals surface area contributed by atoms with Gasteiger partial charge in [-0.25, -0.2) is 4.98 Å². The number of piperidine rings is 1. The highest BCUT2D eigenvalue weighted by molar-refractivity contribution is 5.76. The van der Waals surface area contributed by atoms with E-state index in [9.17, 15) is 4.79 Å². The van der Waals surface area contributed by atoms with Crippen molar-refractivity contribution in [3.8, 4) is 0 Å². The van der Waals surface area contributed by atoms with Crippen molar-refractivity contribution >= 4 is 17.4 Å². The van der Waals surface area contributed by atoms with Crippen LogP contribution in [0.2, 0.25) is 0 Å². The average Bonchev–Trinajstić information content (AvgIpc) is 2.94. The molecular formula is C16H23N5O2. The van der Waals surface area contributed by atoms with E-state index in [0.717, 1.165) is 24.2 Å². The lowest BCUT2D eigenvalue weighted by atomic mass is 9.91. The van der Waals surface area contributed by atoms with Gasteiger partial charge in [0.1, 0.15) is 17.5 Å². The molecule has 1 aliphatic heterocycles. The number of nitrogens with one attached hydrogen (secondary N) is 1. The molecule has 0 bridgehead atoms. The Labute approximate surface area is 135 Å². The Hall–Kier alpha value is -2.15. The molecule has 2 atom stereocenters. The first-order valence-electron chi connectivity index (χ1n) is 7.90. The van der Waals surface area contributed by atoms with Crippen LogP contribution in [0.25, 0.3) is 5.65 Å². The third kappa shape index (κ3) is 3.44. The van der Waals surface area contributed by atoms with Gasteiger partial charge < -0.3 is 15.8 Å². The lowest BCUT2D eigenvalue weighted by molar-refractivity contribution is -0.158. The minimum absolute atomic E-state index is 0.185. The number of hydrogen-bond acceptors (Lipinski definition) is 6. The van der Waals surface area contributed by atoms with Crippen molar-refractivity contribution < 1.29 is 9.53 Å². The first kappa shape index (κ1) is 15.7. The fraction of sp³-hybridized carbons (Fsp3) is 0.562. The normalized spacial score (nSPS) is 22.2. The minimum Gasteiger partial charge on any atom is -0.459 e. The Bertz CT molecular complexity index is 711. The Morgan fingerprint density at radius 1 is 1.43 bits per heavy atom. The number of carbonyl (C=O) groups excluding carboxylic acids is 1. The highest BCUT2D eigenvalue weighted by Gasteiger charge is 2.30. The van der Waals surface area contributed by atoms with Crippen molar-refractivity contribution in [1.29, 1.82) is 0 Å². The number of nitrogens with two attached hydrogens (primary N) is 1. The topological polar surface area (TPSA) is 94.5 Å². The van der Waals surface area contributed by atoms with Crippen LogP contribution < -0.4 is 11.1 Å². The van der Waals surface area contributed by atoms with Gasteiger partial charge in [0.05, 0.1) is 11.9 Å². The lowest BCUT2D eigenvalue weighted by Gasteiger charge is -2.30. The van der Waals surface area contributed by atoms with Crippen LogP contribution in [0.5, 0.6) is 0 Å². The van der Waals surface area contributed by atoms with E-state index in [1.165, 1.54) is 0 Å². The first-order valence-corrected chi connectivity index (χ1v) is 7.90. The quantitative estimate of drug-likeness (QED) is 0.815. The molecule has 23 heavy (non-hydrogen) atoms. The van der Waals surface area contributed by atoms with Crippen molar-refractivity contribution in [2.75, 3.05) is 12.3 Å². The van der Waals surface area contributed by atoms with E-state index in [4.69, 9.17) is 10.5 Å². The zero-order chi connectivity index (χ0) is 16.6. The van der Waals surface area contributed by atoms with Crippen molar-refractivity contribution in [1.82, 2.24) is 19.9 Å². The number of rotatable bonds is 2. The smallest absolute Gasteiger partial charge is 0.323 e. The summed E-state index contributed by atoms with van der Waals surface area (Å²) in [6.07, 6.45) is 3.28. The molecule has 7 heteroatoms. The SMILES string of the molecule is CC(C)(C)OC(=O)C1CCC(c2cc(N)n3nccc3n2)CN1. The van der Waals surface area contributed by atoms with Gasteiger partial charge in [0.15, 0.2) is 5.65 Å². The molecule has 0 radical (unpaired) electrons. The molecule has 1 aliphatic rings. The van der Waals surface area contributed by atoms with Gasteiger partial charge in [-0.1, -0.05) is 0 Å². The molecule has 2 aromatic heterocycles. The van der Waals surface area contributed by atoms with Crippen LogP contribution in [0.4, 0.5) is 5.82 Å². The largest absolute Gasteiger partial charge is 0.459 e. The predicted molar refractivity (Wildman–Crippen MR) is 87.0 cm³/mol. The number of fused-ring (bicyclic) bond motifs is 1. The number of carbonyl (C=O) groups is 1. The maximum absolute atomic E-state index is 12.1. The Kier molecular flexibility index (Phi) is 3.97. The number of aromatic nitrogens is 3. The zero-order valence-corrected chi connectivity index (χ0v) is 13.7. The van der Waals surface area contributed by atoms with Crippen molar-refractivity contribution in [2.24, 2.45) is 0 Å². The summed E-state index contributed by atoms with van der Waals surface area (Å²) in [5.74, 6) is 0.620. The first-order chi connectivity index (χ1) is 10.8. The molecule has 3 rings (SSSR count). The lowest BCUT2D eigenvalue weighted by Crippen LogP contribution is -2.46. The van der Waals surface area contributed by atoms with Gasteiger partial charge in [-0.2, -0.15) is 9.61 Å². The standard InChI is InChI=1S/C16H23N5O2/c1-16(2,3)23-15(22)11-5-4-10(9-18-11)12-8-13(17)21-14(20-12)6-7-19-21/h6-8,10-11,18H,4-5,9,17H2,1-3H3. The summed E-state index contributed by atoms with van der Waals surface area (Å²) in [6, 6.07) is 3.45. The molecule has 3 N–H and O–H groups in total. The molecule has 1 saturated heterocycles.